The molecule has 0 radical (unpaired) electrons. The highest BCUT2D eigenvalue weighted by molar-refractivity contribution is 7.19. The van der Waals surface area contributed by atoms with E-state index in [0.717, 1.165) is 59.8 Å². The van der Waals surface area contributed by atoms with Crippen molar-refractivity contribution in [2.24, 2.45) is 0 Å². The van der Waals surface area contributed by atoms with E-state index in [9.17, 15) is 0 Å². The van der Waals surface area contributed by atoms with Gasteiger partial charge in [-0.2, -0.15) is 9.61 Å². The molecule has 0 amide bonds. The second-order valence-corrected chi connectivity index (χ2v) is 8.72. The quantitative estimate of drug-likeness (QED) is 0.495. The fourth-order valence-electron chi connectivity index (χ4n) is 3.79. The first-order valence-electron chi connectivity index (χ1n) is 10.2. The van der Waals surface area contributed by atoms with E-state index in [-0.39, 0.29) is 0 Å². The summed E-state index contributed by atoms with van der Waals surface area (Å²) in [5, 5.41) is 14.6. The zero-order valence-corrected chi connectivity index (χ0v) is 18.1. The average molecular weight is 420 g/mol. The predicted molar refractivity (Wildman–Crippen MR) is 122 cm³/mol. The van der Waals surface area contributed by atoms with Crippen molar-refractivity contribution < 1.29 is 0 Å². The van der Waals surface area contributed by atoms with E-state index >= 15 is 0 Å². The Balaban J connectivity index is 1.30. The van der Waals surface area contributed by atoms with Gasteiger partial charge in [0.25, 0.3) is 0 Å². The van der Waals surface area contributed by atoms with Crippen LogP contribution in [0.5, 0.6) is 0 Å². The van der Waals surface area contributed by atoms with Crippen LogP contribution in [-0.4, -0.2) is 65.0 Å². The van der Waals surface area contributed by atoms with Gasteiger partial charge in [-0.1, -0.05) is 41.7 Å². The minimum absolute atomic E-state index is 0.769. The standard InChI is InChI=1S/C22H25N7S/c1-26(2)19-10-6-7-17(15-19)21-25-29-20(23-24-22(29)30-21)16-27-11-13-28(14-12-27)18-8-4-3-5-9-18/h3-10,15H,11-14,16H2,1-2H3. The molecule has 4 aromatic rings. The number of rotatable bonds is 5. The van der Waals surface area contributed by atoms with Crippen LogP contribution in [-0.2, 0) is 6.54 Å². The molecule has 5 rings (SSSR count). The molecule has 0 aliphatic carbocycles. The molecule has 1 aliphatic heterocycles. The molecule has 1 saturated heterocycles. The second kappa shape index (κ2) is 8.04. The Morgan fingerprint density at radius 1 is 0.933 bits per heavy atom. The van der Waals surface area contributed by atoms with E-state index in [4.69, 9.17) is 5.10 Å². The van der Waals surface area contributed by atoms with Crippen LogP contribution >= 0.6 is 11.3 Å². The van der Waals surface area contributed by atoms with Gasteiger partial charge in [-0.05, 0) is 24.3 Å². The maximum absolute atomic E-state index is 4.83. The summed E-state index contributed by atoms with van der Waals surface area (Å²) in [6.07, 6.45) is 0. The lowest BCUT2D eigenvalue weighted by molar-refractivity contribution is 0.242. The summed E-state index contributed by atoms with van der Waals surface area (Å²) in [5.74, 6) is 0.907. The lowest BCUT2D eigenvalue weighted by Crippen LogP contribution is -2.46. The molecular weight excluding hydrogens is 394 g/mol. The van der Waals surface area contributed by atoms with E-state index in [0.29, 0.717) is 0 Å². The van der Waals surface area contributed by atoms with Gasteiger partial charge in [-0.3, -0.25) is 4.90 Å². The zero-order valence-electron chi connectivity index (χ0n) is 17.3. The van der Waals surface area contributed by atoms with Crippen LogP contribution in [0.15, 0.2) is 54.6 Å². The molecule has 30 heavy (non-hydrogen) atoms. The Morgan fingerprint density at radius 2 is 1.73 bits per heavy atom. The van der Waals surface area contributed by atoms with Gasteiger partial charge in [-0.15, -0.1) is 10.2 Å². The summed E-state index contributed by atoms with van der Waals surface area (Å²) in [7, 11) is 4.10. The molecule has 0 saturated carbocycles. The summed E-state index contributed by atoms with van der Waals surface area (Å²) >= 11 is 1.58. The second-order valence-electron chi connectivity index (χ2n) is 7.76. The molecule has 0 spiro atoms. The van der Waals surface area contributed by atoms with Crippen molar-refractivity contribution in [1.82, 2.24) is 24.7 Å². The van der Waals surface area contributed by atoms with Crippen molar-refractivity contribution in [2.75, 3.05) is 50.1 Å². The zero-order chi connectivity index (χ0) is 20.5. The number of hydrogen-bond acceptors (Lipinski definition) is 7. The third kappa shape index (κ3) is 3.76. The van der Waals surface area contributed by atoms with Gasteiger partial charge in [0.05, 0.1) is 6.54 Å². The van der Waals surface area contributed by atoms with Crippen LogP contribution in [0.1, 0.15) is 5.82 Å². The van der Waals surface area contributed by atoms with Crippen LogP contribution in [0, 0.1) is 0 Å². The van der Waals surface area contributed by atoms with E-state index < -0.39 is 0 Å². The van der Waals surface area contributed by atoms with Crippen LogP contribution in [0.25, 0.3) is 15.5 Å². The highest BCUT2D eigenvalue weighted by atomic mass is 32.1. The van der Waals surface area contributed by atoms with Gasteiger partial charge >= 0.3 is 0 Å². The highest BCUT2D eigenvalue weighted by Crippen LogP contribution is 2.28. The Hall–Kier alpha value is -2.97. The van der Waals surface area contributed by atoms with Crippen molar-refractivity contribution in [3.63, 3.8) is 0 Å². The number of benzene rings is 2. The third-order valence-electron chi connectivity index (χ3n) is 5.52. The molecular formula is C22H25N7S. The minimum atomic E-state index is 0.769. The number of anilines is 2. The number of fused-ring (bicyclic) bond motifs is 1. The Morgan fingerprint density at radius 3 is 2.50 bits per heavy atom. The number of nitrogens with zero attached hydrogens (tertiary/aromatic N) is 7. The summed E-state index contributed by atoms with van der Waals surface area (Å²) < 4.78 is 1.91. The molecule has 0 bridgehead atoms. The van der Waals surface area contributed by atoms with Gasteiger partial charge in [0.15, 0.2) is 5.82 Å². The lowest BCUT2D eigenvalue weighted by Gasteiger charge is -2.35. The Bertz CT molecular complexity index is 1130. The first-order chi connectivity index (χ1) is 14.7. The van der Waals surface area contributed by atoms with Crippen LogP contribution in [0.2, 0.25) is 0 Å². The molecule has 8 heteroatoms. The molecule has 0 atom stereocenters. The van der Waals surface area contributed by atoms with Gasteiger partial charge in [-0.25, -0.2) is 0 Å². The molecule has 2 aromatic carbocycles. The van der Waals surface area contributed by atoms with E-state index in [1.807, 2.05) is 18.6 Å². The fourth-order valence-corrected chi connectivity index (χ4v) is 4.65. The topological polar surface area (TPSA) is 52.8 Å². The maximum atomic E-state index is 4.83. The number of hydrogen-bond donors (Lipinski definition) is 0. The summed E-state index contributed by atoms with van der Waals surface area (Å²) in [6, 6.07) is 19.1. The van der Waals surface area contributed by atoms with Crippen LogP contribution in [0.4, 0.5) is 11.4 Å². The first kappa shape index (κ1) is 19.0. The van der Waals surface area contributed by atoms with Gasteiger partial charge in [0.2, 0.25) is 4.96 Å². The monoisotopic (exact) mass is 419 g/mol. The highest BCUT2D eigenvalue weighted by Gasteiger charge is 2.20. The molecule has 1 fully saturated rings. The smallest absolute Gasteiger partial charge is 0.235 e. The molecule has 0 N–H and O–H groups in total. The van der Waals surface area contributed by atoms with Crippen LogP contribution < -0.4 is 9.80 Å². The first-order valence-corrected chi connectivity index (χ1v) is 11.0. The minimum Gasteiger partial charge on any atom is -0.378 e. The summed E-state index contributed by atoms with van der Waals surface area (Å²) in [5.41, 5.74) is 3.57. The lowest BCUT2D eigenvalue weighted by atomic mass is 10.2. The number of para-hydroxylation sites is 1. The molecule has 1 aliphatic rings. The Kier molecular flexibility index (Phi) is 5.10. The van der Waals surface area contributed by atoms with Crippen molar-refractivity contribution >= 4 is 27.7 Å². The fraction of sp³-hybridized carbons (Fsp3) is 0.318. The summed E-state index contributed by atoms with van der Waals surface area (Å²) in [4.78, 5) is 7.82. The number of aromatic nitrogens is 4. The van der Waals surface area contributed by atoms with Crippen molar-refractivity contribution in [3.05, 3.63) is 60.4 Å². The summed E-state index contributed by atoms with van der Waals surface area (Å²) in [6.45, 7) is 4.82. The van der Waals surface area contributed by atoms with Gasteiger partial charge in [0.1, 0.15) is 5.01 Å². The maximum Gasteiger partial charge on any atom is 0.235 e. The SMILES string of the molecule is CN(C)c1cccc(-c2nn3c(CN4CCN(c5ccccc5)CC4)nnc3s2)c1. The van der Waals surface area contributed by atoms with E-state index in [1.54, 1.807) is 11.3 Å². The largest absolute Gasteiger partial charge is 0.378 e. The normalized spacial score (nSPS) is 15.1. The average Bonchev–Trinajstić information content (AvgIpc) is 3.37. The van der Waals surface area contributed by atoms with Crippen LogP contribution in [0.3, 0.4) is 0 Å². The molecule has 0 unspecified atom stereocenters. The molecule has 2 aromatic heterocycles. The van der Waals surface area contributed by atoms with Crippen molar-refractivity contribution in [2.45, 2.75) is 6.54 Å². The van der Waals surface area contributed by atoms with Gasteiger partial charge in [0, 0.05) is 57.2 Å². The van der Waals surface area contributed by atoms with Gasteiger partial charge < -0.3 is 9.80 Å². The Labute approximate surface area is 180 Å². The third-order valence-corrected chi connectivity index (χ3v) is 6.47. The predicted octanol–water partition coefficient (Wildman–Crippen LogP) is 3.24. The van der Waals surface area contributed by atoms with E-state index in [2.05, 4.69) is 79.5 Å². The molecule has 3 heterocycles. The number of piperazine rings is 1. The van der Waals surface area contributed by atoms with Crippen molar-refractivity contribution in [3.8, 4) is 10.6 Å². The molecule has 7 nitrogen and oxygen atoms in total. The molecule has 154 valence electrons. The van der Waals surface area contributed by atoms with Crippen molar-refractivity contribution in [1.29, 1.82) is 0 Å². The van der Waals surface area contributed by atoms with E-state index in [1.165, 1.54) is 5.69 Å².